The second-order valence-electron chi connectivity index (χ2n) is 6.04. The molecule has 4 rings (SSSR count). The van der Waals surface area contributed by atoms with Gasteiger partial charge in [0, 0.05) is 36.2 Å². The lowest BCUT2D eigenvalue weighted by Gasteiger charge is -2.35. The summed E-state index contributed by atoms with van der Waals surface area (Å²) in [5.74, 6) is 1.58. The summed E-state index contributed by atoms with van der Waals surface area (Å²) in [7, 11) is 0. The predicted octanol–water partition coefficient (Wildman–Crippen LogP) is 3.46. The molecule has 26 heavy (non-hydrogen) atoms. The fourth-order valence-electron chi connectivity index (χ4n) is 2.96. The molecule has 0 aliphatic carbocycles. The quantitative estimate of drug-likeness (QED) is 0.658. The van der Waals surface area contributed by atoms with Crippen LogP contribution >= 0.6 is 15.9 Å². The van der Waals surface area contributed by atoms with Gasteiger partial charge in [-0.15, -0.1) is 10.2 Å². The molecule has 0 spiro atoms. The van der Waals surface area contributed by atoms with E-state index < -0.39 is 0 Å². The first-order chi connectivity index (χ1) is 12.7. The number of furan rings is 1. The molecule has 7 heteroatoms. The summed E-state index contributed by atoms with van der Waals surface area (Å²) in [6, 6.07) is 15.0. The van der Waals surface area contributed by atoms with Gasteiger partial charge in [0.1, 0.15) is 5.69 Å². The van der Waals surface area contributed by atoms with Gasteiger partial charge in [0.05, 0.1) is 6.26 Å². The smallest absolute Gasteiger partial charge is 0.253 e. The number of hydrogen-bond donors (Lipinski definition) is 0. The van der Waals surface area contributed by atoms with E-state index in [4.69, 9.17) is 4.42 Å². The number of hydrogen-bond acceptors (Lipinski definition) is 5. The van der Waals surface area contributed by atoms with Crippen molar-refractivity contribution in [2.75, 3.05) is 31.1 Å². The Bertz CT molecular complexity index is 871. The van der Waals surface area contributed by atoms with Crippen LogP contribution in [0, 0.1) is 0 Å². The van der Waals surface area contributed by atoms with Gasteiger partial charge in [-0.1, -0.05) is 15.9 Å². The van der Waals surface area contributed by atoms with Crippen LogP contribution in [-0.2, 0) is 0 Å². The highest BCUT2D eigenvalue weighted by Crippen LogP contribution is 2.20. The molecule has 1 aliphatic heterocycles. The molecular weight excluding hydrogens is 396 g/mol. The number of anilines is 1. The highest BCUT2D eigenvalue weighted by molar-refractivity contribution is 9.10. The third kappa shape index (κ3) is 3.48. The minimum atomic E-state index is 0.0661. The number of nitrogens with zero attached hydrogens (tertiary/aromatic N) is 4. The molecule has 1 saturated heterocycles. The van der Waals surface area contributed by atoms with Crippen molar-refractivity contribution < 1.29 is 9.21 Å². The fraction of sp³-hybridized carbons (Fsp3) is 0.211. The van der Waals surface area contributed by atoms with E-state index in [9.17, 15) is 4.79 Å². The molecule has 6 nitrogen and oxygen atoms in total. The number of aromatic nitrogens is 2. The average Bonchev–Trinajstić information content (AvgIpc) is 3.23. The zero-order chi connectivity index (χ0) is 17.9. The van der Waals surface area contributed by atoms with E-state index in [1.807, 2.05) is 53.4 Å². The maximum atomic E-state index is 12.6. The Morgan fingerprint density at radius 1 is 0.962 bits per heavy atom. The van der Waals surface area contributed by atoms with E-state index in [2.05, 4.69) is 31.0 Å². The molecule has 0 saturated carbocycles. The Kier molecular flexibility index (Phi) is 4.71. The van der Waals surface area contributed by atoms with Crippen LogP contribution in [0.15, 0.2) is 63.7 Å². The number of carbonyl (C=O) groups is 1. The molecule has 1 amide bonds. The van der Waals surface area contributed by atoms with Crippen LogP contribution in [0.2, 0.25) is 0 Å². The lowest BCUT2D eigenvalue weighted by Crippen LogP contribution is -2.49. The first-order valence-corrected chi connectivity index (χ1v) is 9.17. The van der Waals surface area contributed by atoms with Gasteiger partial charge in [-0.2, -0.15) is 0 Å². The molecule has 0 atom stereocenters. The van der Waals surface area contributed by atoms with E-state index >= 15 is 0 Å². The molecule has 1 aliphatic rings. The van der Waals surface area contributed by atoms with Crippen LogP contribution in [-0.4, -0.2) is 47.2 Å². The van der Waals surface area contributed by atoms with E-state index in [0.29, 0.717) is 30.1 Å². The van der Waals surface area contributed by atoms with E-state index in [1.165, 1.54) is 0 Å². The molecule has 1 aromatic carbocycles. The molecule has 1 fully saturated rings. The second-order valence-corrected chi connectivity index (χ2v) is 6.96. The number of rotatable bonds is 3. The van der Waals surface area contributed by atoms with Gasteiger partial charge in [0.2, 0.25) is 0 Å². The number of benzene rings is 1. The van der Waals surface area contributed by atoms with E-state index in [-0.39, 0.29) is 5.91 Å². The van der Waals surface area contributed by atoms with Crippen molar-refractivity contribution >= 4 is 27.7 Å². The van der Waals surface area contributed by atoms with Gasteiger partial charge >= 0.3 is 0 Å². The lowest BCUT2D eigenvalue weighted by molar-refractivity contribution is 0.0746. The van der Waals surface area contributed by atoms with Crippen LogP contribution in [0.1, 0.15) is 10.4 Å². The van der Waals surface area contributed by atoms with Gasteiger partial charge in [-0.25, -0.2) is 0 Å². The summed E-state index contributed by atoms with van der Waals surface area (Å²) >= 11 is 3.39. The summed E-state index contributed by atoms with van der Waals surface area (Å²) in [5, 5.41) is 8.54. The second kappa shape index (κ2) is 7.29. The minimum absolute atomic E-state index is 0.0661. The Morgan fingerprint density at radius 2 is 1.73 bits per heavy atom. The third-order valence-electron chi connectivity index (χ3n) is 4.41. The first kappa shape index (κ1) is 16.8. The predicted molar refractivity (Wildman–Crippen MR) is 102 cm³/mol. The molecule has 0 bridgehead atoms. The Balaban J connectivity index is 1.39. The first-order valence-electron chi connectivity index (χ1n) is 8.38. The van der Waals surface area contributed by atoms with Crippen LogP contribution in [0.5, 0.6) is 0 Å². The maximum Gasteiger partial charge on any atom is 0.253 e. The summed E-state index contributed by atoms with van der Waals surface area (Å²) in [5.41, 5.74) is 1.42. The lowest BCUT2D eigenvalue weighted by atomic mass is 10.2. The van der Waals surface area contributed by atoms with Gasteiger partial charge in [-0.05, 0) is 48.5 Å². The number of amides is 1. The zero-order valence-electron chi connectivity index (χ0n) is 14.0. The van der Waals surface area contributed by atoms with Crippen LogP contribution in [0.3, 0.4) is 0 Å². The van der Waals surface area contributed by atoms with E-state index in [1.54, 1.807) is 6.26 Å². The molecule has 2 aromatic heterocycles. The Labute approximate surface area is 159 Å². The summed E-state index contributed by atoms with van der Waals surface area (Å²) in [6.07, 6.45) is 1.62. The van der Waals surface area contributed by atoms with Crippen molar-refractivity contribution in [3.05, 3.63) is 64.8 Å². The molecule has 132 valence electrons. The van der Waals surface area contributed by atoms with Gasteiger partial charge in [-0.3, -0.25) is 4.79 Å². The van der Waals surface area contributed by atoms with Crippen molar-refractivity contribution in [3.8, 4) is 11.5 Å². The molecule has 0 N–H and O–H groups in total. The number of carbonyl (C=O) groups excluding carboxylic acids is 1. The number of piperazine rings is 1. The molecule has 0 radical (unpaired) electrons. The average molecular weight is 413 g/mol. The van der Waals surface area contributed by atoms with Crippen LogP contribution in [0.25, 0.3) is 11.5 Å². The topological polar surface area (TPSA) is 62.5 Å². The van der Waals surface area contributed by atoms with Crippen molar-refractivity contribution in [2.45, 2.75) is 0 Å². The van der Waals surface area contributed by atoms with E-state index in [0.717, 1.165) is 23.4 Å². The third-order valence-corrected chi connectivity index (χ3v) is 4.93. The monoisotopic (exact) mass is 412 g/mol. The molecule has 3 heterocycles. The Morgan fingerprint density at radius 3 is 2.35 bits per heavy atom. The van der Waals surface area contributed by atoms with Gasteiger partial charge < -0.3 is 14.2 Å². The summed E-state index contributed by atoms with van der Waals surface area (Å²) < 4.78 is 6.30. The van der Waals surface area contributed by atoms with Crippen molar-refractivity contribution in [1.29, 1.82) is 0 Å². The standard InChI is InChI=1S/C19H17BrN4O2/c20-15-5-3-14(4-6-15)19(25)24-11-9-23(10-12-24)18-8-7-16(21-22-18)17-2-1-13-26-17/h1-8,13H,9-12H2. The fourth-order valence-corrected chi connectivity index (χ4v) is 3.23. The molecule has 0 unspecified atom stereocenters. The molecule has 3 aromatic rings. The SMILES string of the molecule is O=C(c1ccc(Br)cc1)N1CCN(c2ccc(-c3ccco3)nn2)CC1. The maximum absolute atomic E-state index is 12.6. The van der Waals surface area contributed by atoms with Crippen molar-refractivity contribution in [2.24, 2.45) is 0 Å². The normalized spacial score (nSPS) is 14.5. The molecular formula is C19H17BrN4O2. The highest BCUT2D eigenvalue weighted by Gasteiger charge is 2.23. The highest BCUT2D eigenvalue weighted by atomic mass is 79.9. The van der Waals surface area contributed by atoms with Crippen LogP contribution < -0.4 is 4.90 Å². The van der Waals surface area contributed by atoms with Crippen molar-refractivity contribution in [3.63, 3.8) is 0 Å². The summed E-state index contributed by atoms with van der Waals surface area (Å²) in [4.78, 5) is 16.6. The summed E-state index contributed by atoms with van der Waals surface area (Å²) in [6.45, 7) is 2.79. The van der Waals surface area contributed by atoms with Crippen LogP contribution in [0.4, 0.5) is 5.82 Å². The van der Waals surface area contributed by atoms with Gasteiger partial charge in [0.15, 0.2) is 11.6 Å². The zero-order valence-corrected chi connectivity index (χ0v) is 15.6. The largest absolute Gasteiger partial charge is 0.463 e. The Hall–Kier alpha value is -2.67. The minimum Gasteiger partial charge on any atom is -0.463 e. The van der Waals surface area contributed by atoms with Gasteiger partial charge in [0.25, 0.3) is 5.91 Å². The van der Waals surface area contributed by atoms with Crippen molar-refractivity contribution in [1.82, 2.24) is 15.1 Å². The number of halogens is 1.